The number of benzene rings is 2. The van der Waals surface area contributed by atoms with Crippen molar-refractivity contribution >= 4 is 5.91 Å². The van der Waals surface area contributed by atoms with Crippen LogP contribution in [0.25, 0.3) is 0 Å². The van der Waals surface area contributed by atoms with Crippen molar-refractivity contribution in [2.45, 2.75) is 25.6 Å². The molecule has 1 atom stereocenters. The molecule has 1 heterocycles. The van der Waals surface area contributed by atoms with E-state index >= 15 is 0 Å². The number of amides is 1. The summed E-state index contributed by atoms with van der Waals surface area (Å²) >= 11 is 0. The Hall–Kier alpha value is -2.20. The monoisotopic (exact) mass is 298 g/mol. The maximum absolute atomic E-state index is 12.9. The predicted octanol–water partition coefficient (Wildman–Crippen LogP) is 2.50. The number of nitrogens with zero attached hydrogens (tertiary/aromatic N) is 1. The van der Waals surface area contributed by atoms with Gasteiger partial charge in [0.15, 0.2) is 0 Å². The van der Waals surface area contributed by atoms with Crippen molar-refractivity contribution in [3.05, 3.63) is 71.0 Å². The number of fused-ring (bicyclic) bond motifs is 1. The molecule has 4 heteroatoms. The smallest absolute Gasteiger partial charge is 0.240 e. The first-order valence-corrected chi connectivity index (χ1v) is 7.43. The molecule has 2 aromatic carbocycles. The van der Waals surface area contributed by atoms with Gasteiger partial charge in [0, 0.05) is 20.1 Å². The molecule has 1 aliphatic heterocycles. The van der Waals surface area contributed by atoms with Crippen LogP contribution in [-0.4, -0.2) is 23.9 Å². The number of carbonyl (C=O) groups is 1. The van der Waals surface area contributed by atoms with Crippen molar-refractivity contribution in [1.82, 2.24) is 10.2 Å². The lowest BCUT2D eigenvalue weighted by Crippen LogP contribution is -2.48. The van der Waals surface area contributed by atoms with E-state index in [1.54, 1.807) is 24.1 Å². The number of nitrogens with one attached hydrogen (secondary N) is 1. The Balaban J connectivity index is 1.65. The minimum Gasteiger partial charge on any atom is -0.340 e. The summed E-state index contributed by atoms with van der Waals surface area (Å²) in [5, 5.41) is 3.30. The topological polar surface area (TPSA) is 32.3 Å². The van der Waals surface area contributed by atoms with Crippen LogP contribution in [0.5, 0.6) is 0 Å². The molecule has 3 nitrogen and oxygen atoms in total. The lowest BCUT2D eigenvalue weighted by Gasteiger charge is -2.29. The third-order valence-electron chi connectivity index (χ3n) is 4.09. The minimum absolute atomic E-state index is 0.0684. The predicted molar refractivity (Wildman–Crippen MR) is 83.6 cm³/mol. The number of hydrogen-bond donors (Lipinski definition) is 1. The highest BCUT2D eigenvalue weighted by Crippen LogP contribution is 2.17. The molecular weight excluding hydrogens is 279 g/mol. The van der Waals surface area contributed by atoms with Crippen molar-refractivity contribution in [1.29, 1.82) is 0 Å². The lowest BCUT2D eigenvalue weighted by molar-refractivity contribution is -0.132. The van der Waals surface area contributed by atoms with Gasteiger partial charge in [0.2, 0.25) is 5.91 Å². The second kappa shape index (κ2) is 6.28. The Morgan fingerprint density at radius 1 is 1.18 bits per heavy atom. The first-order chi connectivity index (χ1) is 10.6. The van der Waals surface area contributed by atoms with E-state index in [4.69, 9.17) is 0 Å². The van der Waals surface area contributed by atoms with Crippen LogP contribution in [-0.2, 0) is 24.3 Å². The zero-order valence-electron chi connectivity index (χ0n) is 12.6. The molecule has 1 N–H and O–H groups in total. The van der Waals surface area contributed by atoms with Crippen LogP contribution < -0.4 is 5.32 Å². The van der Waals surface area contributed by atoms with E-state index in [2.05, 4.69) is 17.4 Å². The maximum atomic E-state index is 12.9. The molecule has 0 aromatic heterocycles. The molecule has 1 amide bonds. The summed E-state index contributed by atoms with van der Waals surface area (Å²) in [5.74, 6) is -0.192. The number of hydrogen-bond acceptors (Lipinski definition) is 2. The number of halogens is 1. The normalized spacial score (nSPS) is 16.9. The highest BCUT2D eigenvalue weighted by Gasteiger charge is 2.26. The zero-order chi connectivity index (χ0) is 15.5. The molecule has 0 spiro atoms. The fourth-order valence-corrected chi connectivity index (χ4v) is 2.84. The van der Waals surface area contributed by atoms with Crippen LogP contribution >= 0.6 is 0 Å². The van der Waals surface area contributed by atoms with Gasteiger partial charge in [-0.2, -0.15) is 0 Å². The second-order valence-electron chi connectivity index (χ2n) is 5.73. The van der Waals surface area contributed by atoms with Crippen LogP contribution in [0, 0.1) is 5.82 Å². The average molecular weight is 298 g/mol. The molecule has 0 aliphatic carbocycles. The summed E-state index contributed by atoms with van der Waals surface area (Å²) in [7, 11) is 1.79. The van der Waals surface area contributed by atoms with Gasteiger partial charge in [-0.05, 0) is 35.2 Å². The molecule has 1 unspecified atom stereocenters. The SMILES string of the molecule is CN(Cc1ccc(F)cc1)C(=O)C1Cc2ccccc2CN1. The Morgan fingerprint density at radius 3 is 2.59 bits per heavy atom. The van der Waals surface area contributed by atoms with Gasteiger partial charge in [-0.15, -0.1) is 0 Å². The molecule has 0 fully saturated rings. The Morgan fingerprint density at radius 2 is 1.86 bits per heavy atom. The summed E-state index contributed by atoms with van der Waals surface area (Å²) in [6.07, 6.45) is 0.711. The molecule has 2 aromatic rings. The van der Waals surface area contributed by atoms with E-state index in [-0.39, 0.29) is 17.8 Å². The number of rotatable bonds is 3. The second-order valence-corrected chi connectivity index (χ2v) is 5.73. The van der Waals surface area contributed by atoms with Gasteiger partial charge in [0.1, 0.15) is 5.82 Å². The molecule has 114 valence electrons. The fourth-order valence-electron chi connectivity index (χ4n) is 2.84. The van der Waals surface area contributed by atoms with Gasteiger partial charge in [-0.3, -0.25) is 4.79 Å². The van der Waals surface area contributed by atoms with Gasteiger partial charge in [0.25, 0.3) is 0 Å². The van der Waals surface area contributed by atoms with Gasteiger partial charge in [-0.1, -0.05) is 36.4 Å². The van der Waals surface area contributed by atoms with E-state index in [9.17, 15) is 9.18 Å². The summed E-state index contributed by atoms with van der Waals surface area (Å²) in [5.41, 5.74) is 3.41. The Labute approximate surface area is 129 Å². The molecule has 0 saturated heterocycles. The highest BCUT2D eigenvalue weighted by molar-refractivity contribution is 5.82. The third kappa shape index (κ3) is 3.17. The van der Waals surface area contributed by atoms with Gasteiger partial charge in [0.05, 0.1) is 6.04 Å². The van der Waals surface area contributed by atoms with E-state index in [1.807, 2.05) is 12.1 Å². The summed E-state index contributed by atoms with van der Waals surface area (Å²) < 4.78 is 12.9. The van der Waals surface area contributed by atoms with Gasteiger partial charge in [-0.25, -0.2) is 4.39 Å². The molecule has 0 saturated carbocycles. The van der Waals surface area contributed by atoms with E-state index in [1.165, 1.54) is 23.3 Å². The van der Waals surface area contributed by atoms with Crippen LogP contribution in [0.1, 0.15) is 16.7 Å². The first-order valence-electron chi connectivity index (χ1n) is 7.43. The van der Waals surface area contributed by atoms with Crippen LogP contribution in [0.3, 0.4) is 0 Å². The number of carbonyl (C=O) groups excluding carboxylic acids is 1. The first kappa shape index (κ1) is 14.7. The van der Waals surface area contributed by atoms with Crippen molar-refractivity contribution in [2.24, 2.45) is 0 Å². The zero-order valence-corrected chi connectivity index (χ0v) is 12.6. The van der Waals surface area contributed by atoms with Crippen LogP contribution in [0.4, 0.5) is 4.39 Å². The van der Waals surface area contributed by atoms with Crippen LogP contribution in [0.2, 0.25) is 0 Å². The quantitative estimate of drug-likeness (QED) is 0.944. The summed E-state index contributed by atoms with van der Waals surface area (Å²) in [6.45, 7) is 1.20. The van der Waals surface area contributed by atoms with Gasteiger partial charge < -0.3 is 10.2 Å². The van der Waals surface area contributed by atoms with Crippen molar-refractivity contribution in [2.75, 3.05) is 7.05 Å². The Kier molecular flexibility index (Phi) is 4.20. The molecule has 0 radical (unpaired) electrons. The average Bonchev–Trinajstić information content (AvgIpc) is 2.55. The lowest BCUT2D eigenvalue weighted by atomic mass is 9.95. The molecule has 22 heavy (non-hydrogen) atoms. The standard InChI is InChI=1S/C18H19FN2O/c1-21(12-13-6-8-16(19)9-7-13)18(22)17-10-14-4-2-3-5-15(14)11-20-17/h2-9,17,20H,10-12H2,1H3. The van der Waals surface area contributed by atoms with E-state index < -0.39 is 0 Å². The van der Waals surface area contributed by atoms with Crippen molar-refractivity contribution in [3.63, 3.8) is 0 Å². The molecule has 1 aliphatic rings. The molecular formula is C18H19FN2O. The molecule has 0 bridgehead atoms. The third-order valence-corrected chi connectivity index (χ3v) is 4.09. The van der Waals surface area contributed by atoms with E-state index in [0.717, 1.165) is 12.1 Å². The summed E-state index contributed by atoms with van der Waals surface area (Å²) in [6, 6.07) is 14.3. The molecule has 3 rings (SSSR count). The largest absolute Gasteiger partial charge is 0.340 e. The van der Waals surface area contributed by atoms with Crippen molar-refractivity contribution in [3.8, 4) is 0 Å². The maximum Gasteiger partial charge on any atom is 0.240 e. The van der Waals surface area contributed by atoms with E-state index in [0.29, 0.717) is 13.0 Å². The Bertz CT molecular complexity index is 669. The highest BCUT2D eigenvalue weighted by atomic mass is 19.1. The van der Waals surface area contributed by atoms with Crippen molar-refractivity contribution < 1.29 is 9.18 Å². The fraction of sp³-hybridized carbons (Fsp3) is 0.278. The van der Waals surface area contributed by atoms with Gasteiger partial charge >= 0.3 is 0 Å². The van der Waals surface area contributed by atoms with Crippen LogP contribution in [0.15, 0.2) is 48.5 Å². The number of likely N-dealkylation sites (N-methyl/N-ethyl adjacent to an activating group) is 1. The summed E-state index contributed by atoms with van der Waals surface area (Å²) in [4.78, 5) is 14.3. The minimum atomic E-state index is -0.261.